The molecule has 0 bridgehead atoms. The third-order valence-corrected chi connectivity index (χ3v) is 12.1. The second kappa shape index (κ2) is 13.8. The summed E-state index contributed by atoms with van der Waals surface area (Å²) in [6, 6.07) is 0. The molecule has 0 aliphatic carbocycles. The first-order valence-corrected chi connectivity index (χ1v) is 20.7. The van der Waals surface area contributed by atoms with E-state index in [-0.39, 0.29) is 44.7 Å². The van der Waals surface area contributed by atoms with E-state index in [9.17, 15) is 0 Å². The van der Waals surface area contributed by atoms with Crippen LogP contribution in [-0.2, 0) is 22.4 Å². The van der Waals surface area contributed by atoms with E-state index in [2.05, 4.69) is 78.6 Å². The molecule has 136 valence electrons. The fraction of sp³-hybridized carbons (Fsp3) is 0.800. The Hall–Kier alpha value is 1.53. The molecule has 0 atom stereocenters. The van der Waals surface area contributed by atoms with Gasteiger partial charge in [-0.1, -0.05) is 112 Å². The normalized spacial score (nSPS) is 11.5. The third-order valence-electron chi connectivity index (χ3n) is 1.34. The molecule has 0 saturated heterocycles. The Kier molecular flexibility index (Phi) is 24.3. The summed E-state index contributed by atoms with van der Waals surface area (Å²) in [5, 5.41) is 0. The summed E-state index contributed by atoms with van der Waals surface area (Å²) in [5.41, 5.74) is 0. The average molecular weight is 547 g/mol. The second-order valence-electron chi connectivity index (χ2n) is 8.91. The van der Waals surface area contributed by atoms with Crippen LogP contribution in [0.15, 0.2) is 0 Å². The minimum atomic E-state index is -1.11. The van der Waals surface area contributed by atoms with Gasteiger partial charge in [0, 0.05) is 0 Å². The summed E-state index contributed by atoms with van der Waals surface area (Å²) in [5.74, 6) is 0. The zero-order chi connectivity index (χ0) is 15.4. The molecule has 0 radical (unpaired) electrons. The van der Waals surface area contributed by atoms with Crippen molar-refractivity contribution in [1.82, 2.24) is 0 Å². The Labute approximate surface area is 164 Å². The Bertz CT molecular complexity index is 186. The van der Waals surface area contributed by atoms with Crippen molar-refractivity contribution in [2.75, 3.05) is 0 Å². The van der Waals surface area contributed by atoms with E-state index in [0.717, 1.165) is 0 Å². The molecule has 0 aliphatic rings. The van der Waals surface area contributed by atoms with Gasteiger partial charge < -0.3 is 31.6 Å². The van der Waals surface area contributed by atoms with Crippen molar-refractivity contribution in [2.45, 2.75) is 78.6 Å². The van der Waals surface area contributed by atoms with E-state index in [1.807, 2.05) is 0 Å². The van der Waals surface area contributed by atoms with Gasteiger partial charge in [-0.05, 0) is 0 Å². The predicted molar refractivity (Wildman–Crippen MR) is 119 cm³/mol. The van der Waals surface area contributed by atoms with Crippen LogP contribution in [0, 0.1) is 22.3 Å². The van der Waals surface area contributed by atoms with Gasteiger partial charge in [-0.25, -0.2) is 0 Å². The Morgan fingerprint density at radius 1 is 0.364 bits per heavy atom. The predicted octanol–water partition coefficient (Wildman–Crippen LogP) is 7.41. The van der Waals surface area contributed by atoms with E-state index >= 15 is 0 Å². The number of rotatable bonds is 4. The molecule has 7 heteroatoms. The average Bonchev–Trinajstić information content (AvgIpc) is 1.64. The van der Waals surface area contributed by atoms with Gasteiger partial charge in [-0.3, -0.25) is 0 Å². The van der Waals surface area contributed by atoms with Gasteiger partial charge in [0.25, 0.3) is 0 Å². The van der Waals surface area contributed by atoms with Crippen LogP contribution in [0.25, 0.3) is 9.30 Å². The quantitative estimate of drug-likeness (QED) is 0.260. The molecule has 0 aromatic carbocycles. The SMILES string of the molecule is C[Si](C)(C)[N-][Si](C)(C)C.C[Si](C)(C)[N-][Si](C)(C)C.[CH3-].[CH3-].[CH3-].[Ta+5]. The van der Waals surface area contributed by atoms with Crippen molar-refractivity contribution in [2.24, 2.45) is 0 Å². The molecule has 0 rings (SSSR count). The van der Waals surface area contributed by atoms with Crippen LogP contribution in [0.1, 0.15) is 0 Å². The molecule has 0 saturated carbocycles. The van der Waals surface area contributed by atoms with Gasteiger partial charge in [0.2, 0.25) is 0 Å². The minimum Gasteiger partial charge on any atom is -0.668 e. The van der Waals surface area contributed by atoms with E-state index in [1.165, 1.54) is 0 Å². The molecule has 0 spiro atoms. The zero-order valence-corrected chi connectivity index (χ0v) is 25.6. The molecule has 0 N–H and O–H groups in total. The summed E-state index contributed by atoms with van der Waals surface area (Å²) < 4.78 is 9.64. The van der Waals surface area contributed by atoms with Crippen molar-refractivity contribution < 1.29 is 22.4 Å². The van der Waals surface area contributed by atoms with Crippen molar-refractivity contribution in [3.8, 4) is 0 Å². The molecule has 22 heavy (non-hydrogen) atoms. The van der Waals surface area contributed by atoms with Crippen LogP contribution in [0.4, 0.5) is 0 Å². The molecule has 2 nitrogen and oxygen atoms in total. The van der Waals surface area contributed by atoms with E-state index in [0.29, 0.717) is 0 Å². The van der Waals surface area contributed by atoms with Crippen molar-refractivity contribution in [3.05, 3.63) is 31.6 Å². The third kappa shape index (κ3) is 49.6. The molecule has 0 aliphatic heterocycles. The van der Waals surface area contributed by atoms with Gasteiger partial charge in [0.05, 0.1) is 0 Å². The van der Waals surface area contributed by atoms with Gasteiger partial charge in [-0.2, -0.15) is 0 Å². The standard InChI is InChI=1S/2C6H18NSi2.3CH3.Ta/c2*1-8(2,3)7-9(4,5)6;;;;/h2*1-6H3;3*1H3;/q5*-1;+5. The van der Waals surface area contributed by atoms with Crippen molar-refractivity contribution >= 4 is 32.9 Å². The molecule has 0 aromatic rings. The van der Waals surface area contributed by atoms with Crippen LogP contribution in [-0.4, -0.2) is 32.9 Å². The zero-order valence-electron chi connectivity index (χ0n) is 18.3. The maximum atomic E-state index is 4.82. The molecular formula is C15H45N2Si4Ta. The first-order valence-electron chi connectivity index (χ1n) is 6.89. The second-order valence-corrected chi connectivity index (χ2v) is 28.1. The van der Waals surface area contributed by atoms with Crippen LogP contribution < -0.4 is 0 Å². The molecule has 0 unspecified atom stereocenters. The molecule has 0 amide bonds. The van der Waals surface area contributed by atoms with Crippen LogP contribution in [0.2, 0.25) is 78.6 Å². The minimum absolute atomic E-state index is 0. The maximum Gasteiger partial charge on any atom is 5.00 e. The fourth-order valence-corrected chi connectivity index (χ4v) is 18.1. The summed E-state index contributed by atoms with van der Waals surface area (Å²) in [6.07, 6.45) is 0. The van der Waals surface area contributed by atoms with Crippen LogP contribution >= 0.6 is 0 Å². The molecule has 0 heterocycles. The summed E-state index contributed by atoms with van der Waals surface area (Å²) >= 11 is 0. The van der Waals surface area contributed by atoms with E-state index < -0.39 is 32.9 Å². The van der Waals surface area contributed by atoms with Gasteiger partial charge in [-0.15, -0.1) is 0 Å². The molecular weight excluding hydrogens is 501 g/mol. The van der Waals surface area contributed by atoms with Crippen molar-refractivity contribution in [3.63, 3.8) is 0 Å². The topological polar surface area (TPSA) is 28.2 Å². The largest absolute Gasteiger partial charge is 5.00 e. The first kappa shape index (κ1) is 38.9. The number of nitrogens with zero attached hydrogens (tertiary/aromatic N) is 2. The van der Waals surface area contributed by atoms with Crippen LogP contribution in [0.3, 0.4) is 0 Å². The van der Waals surface area contributed by atoms with Gasteiger partial charge >= 0.3 is 22.4 Å². The summed E-state index contributed by atoms with van der Waals surface area (Å²) in [7, 11) is -4.42. The molecule has 0 fully saturated rings. The Morgan fingerprint density at radius 2 is 0.455 bits per heavy atom. The van der Waals surface area contributed by atoms with E-state index in [1.54, 1.807) is 0 Å². The summed E-state index contributed by atoms with van der Waals surface area (Å²) in [4.78, 5) is 0. The monoisotopic (exact) mass is 546 g/mol. The number of hydrogen-bond acceptors (Lipinski definition) is 0. The molecule has 0 aromatic heterocycles. The Balaban J connectivity index is -0.0000000492. The Morgan fingerprint density at radius 3 is 0.455 bits per heavy atom. The van der Waals surface area contributed by atoms with Gasteiger partial charge in [0.15, 0.2) is 0 Å². The smallest absolute Gasteiger partial charge is 0.668 e. The first-order chi connectivity index (χ1) is 7.41. The van der Waals surface area contributed by atoms with Crippen molar-refractivity contribution in [1.29, 1.82) is 0 Å². The fourth-order valence-electron chi connectivity index (χ4n) is 2.01. The van der Waals surface area contributed by atoms with Gasteiger partial charge in [0.1, 0.15) is 0 Å². The summed E-state index contributed by atoms with van der Waals surface area (Å²) in [6.45, 7) is 27.6. The maximum absolute atomic E-state index is 4.82. The number of hydrogen-bond donors (Lipinski definition) is 0. The van der Waals surface area contributed by atoms with Crippen LogP contribution in [0.5, 0.6) is 0 Å². The van der Waals surface area contributed by atoms with E-state index in [4.69, 9.17) is 9.30 Å².